The van der Waals surface area contributed by atoms with Gasteiger partial charge in [-0.15, -0.1) is 0 Å². The van der Waals surface area contributed by atoms with Gasteiger partial charge < -0.3 is 19.3 Å². The molecule has 32 heavy (non-hydrogen) atoms. The number of carbonyl (C=O) groups is 1. The number of ether oxygens (including phenoxy) is 2. The van der Waals surface area contributed by atoms with E-state index in [2.05, 4.69) is 15.5 Å². The maximum Gasteiger partial charge on any atom is 0.264 e. The highest BCUT2D eigenvalue weighted by Crippen LogP contribution is 2.20. The molecule has 0 bridgehead atoms. The maximum atomic E-state index is 12.3. The van der Waals surface area contributed by atoms with Gasteiger partial charge in [0.15, 0.2) is 6.61 Å². The van der Waals surface area contributed by atoms with Crippen molar-refractivity contribution >= 4 is 11.6 Å². The second kappa shape index (κ2) is 9.78. The van der Waals surface area contributed by atoms with Crippen molar-refractivity contribution in [3.63, 3.8) is 0 Å². The molecule has 0 aliphatic heterocycles. The summed E-state index contributed by atoms with van der Waals surface area (Å²) in [6.45, 7) is 2.19. The molecule has 0 spiro atoms. The van der Waals surface area contributed by atoms with E-state index in [1.54, 1.807) is 19.2 Å². The van der Waals surface area contributed by atoms with Crippen LogP contribution in [0.25, 0.3) is 11.4 Å². The quantitative estimate of drug-likeness (QED) is 0.432. The lowest BCUT2D eigenvalue weighted by atomic mass is 10.1. The van der Waals surface area contributed by atoms with Crippen LogP contribution in [0.15, 0.2) is 77.3 Å². The van der Waals surface area contributed by atoms with Crippen LogP contribution in [-0.2, 0) is 17.8 Å². The molecule has 4 rings (SSSR count). The molecule has 1 N–H and O–H groups in total. The molecule has 162 valence electrons. The Kier molecular flexibility index (Phi) is 6.46. The fourth-order valence-electron chi connectivity index (χ4n) is 3.12. The Balaban J connectivity index is 1.32. The number of aromatic nitrogens is 2. The smallest absolute Gasteiger partial charge is 0.264 e. The number of aryl methyl sites for hydroxylation is 1. The zero-order valence-corrected chi connectivity index (χ0v) is 17.9. The predicted octanol–water partition coefficient (Wildman–Crippen LogP) is 4.81. The molecule has 0 fully saturated rings. The summed E-state index contributed by atoms with van der Waals surface area (Å²) in [5, 5.41) is 6.90. The lowest BCUT2D eigenvalue weighted by Gasteiger charge is -2.06. The summed E-state index contributed by atoms with van der Waals surface area (Å²) in [5.41, 5.74) is 3.50. The molecule has 0 radical (unpaired) electrons. The minimum atomic E-state index is -0.0990. The largest absolute Gasteiger partial charge is 0.497 e. The molecule has 1 aromatic heterocycles. The summed E-state index contributed by atoms with van der Waals surface area (Å²) in [4.78, 5) is 16.7. The molecule has 4 aromatic rings. The van der Waals surface area contributed by atoms with Gasteiger partial charge in [0, 0.05) is 11.3 Å². The van der Waals surface area contributed by atoms with E-state index in [1.807, 2.05) is 67.6 Å². The molecular weight excluding hydrogens is 406 g/mol. The summed E-state index contributed by atoms with van der Waals surface area (Å²) >= 11 is 0. The average Bonchev–Trinajstić information content (AvgIpc) is 3.28. The minimum Gasteiger partial charge on any atom is -0.497 e. The summed E-state index contributed by atoms with van der Waals surface area (Å²) in [7, 11) is 1.61. The molecule has 7 heteroatoms. The number of nitrogens with one attached hydrogen (secondary N) is 1. The Morgan fingerprint density at radius 3 is 2.50 bits per heavy atom. The number of methoxy groups -OCH3 is 1. The first-order chi connectivity index (χ1) is 15.6. The van der Waals surface area contributed by atoms with Gasteiger partial charge in [-0.05, 0) is 66.6 Å². The number of hydrogen-bond acceptors (Lipinski definition) is 6. The zero-order valence-electron chi connectivity index (χ0n) is 17.9. The van der Waals surface area contributed by atoms with Gasteiger partial charge >= 0.3 is 0 Å². The van der Waals surface area contributed by atoms with Crippen LogP contribution in [0, 0.1) is 6.92 Å². The van der Waals surface area contributed by atoms with Gasteiger partial charge in [0.25, 0.3) is 5.89 Å². The maximum absolute atomic E-state index is 12.3. The fraction of sp³-hybridized carbons (Fsp3) is 0.160. The molecule has 0 aliphatic carbocycles. The minimum absolute atomic E-state index is 0.0990. The summed E-state index contributed by atoms with van der Waals surface area (Å²) in [5.74, 6) is 2.26. The van der Waals surface area contributed by atoms with Crippen molar-refractivity contribution in [1.82, 2.24) is 10.1 Å². The Bertz CT molecular complexity index is 1180. The first-order valence-corrected chi connectivity index (χ1v) is 10.1. The third-order valence-electron chi connectivity index (χ3n) is 4.77. The third kappa shape index (κ3) is 5.51. The third-order valence-corrected chi connectivity index (χ3v) is 4.77. The van der Waals surface area contributed by atoms with Gasteiger partial charge in [0.2, 0.25) is 11.7 Å². The van der Waals surface area contributed by atoms with Crippen LogP contribution in [0.2, 0.25) is 0 Å². The lowest BCUT2D eigenvalue weighted by Crippen LogP contribution is -2.14. The number of nitrogens with zero attached hydrogens (tertiary/aromatic N) is 2. The fourth-order valence-corrected chi connectivity index (χ4v) is 3.12. The van der Waals surface area contributed by atoms with Crippen molar-refractivity contribution in [3.05, 3.63) is 89.8 Å². The summed E-state index contributed by atoms with van der Waals surface area (Å²) in [6, 6.07) is 22.5. The molecule has 0 saturated carbocycles. The second-order valence-electron chi connectivity index (χ2n) is 7.27. The van der Waals surface area contributed by atoms with Crippen LogP contribution in [0.4, 0.5) is 5.69 Å². The second-order valence-corrected chi connectivity index (χ2v) is 7.27. The molecular formula is C25H23N3O4. The first kappa shape index (κ1) is 21.1. The van der Waals surface area contributed by atoms with E-state index in [0.29, 0.717) is 17.4 Å². The highest BCUT2D eigenvalue weighted by Gasteiger charge is 2.10. The van der Waals surface area contributed by atoms with E-state index < -0.39 is 0 Å². The normalized spacial score (nSPS) is 10.6. The Morgan fingerprint density at radius 1 is 1.00 bits per heavy atom. The van der Waals surface area contributed by atoms with Crippen molar-refractivity contribution < 1.29 is 18.8 Å². The molecule has 1 heterocycles. The SMILES string of the molecule is COc1ccc(CC(=O)Nc2ccc(-c3noc(COc4cccc(C)c4)n3)cc2)cc1. The number of hydrogen-bond donors (Lipinski definition) is 1. The van der Waals surface area contributed by atoms with Crippen molar-refractivity contribution in [1.29, 1.82) is 0 Å². The highest BCUT2D eigenvalue weighted by molar-refractivity contribution is 5.92. The monoisotopic (exact) mass is 429 g/mol. The van der Waals surface area contributed by atoms with Crippen LogP contribution in [0.5, 0.6) is 11.5 Å². The highest BCUT2D eigenvalue weighted by atomic mass is 16.5. The van der Waals surface area contributed by atoms with E-state index in [0.717, 1.165) is 28.2 Å². The van der Waals surface area contributed by atoms with E-state index in [-0.39, 0.29) is 18.9 Å². The standard InChI is InChI=1S/C25H23N3O4/c1-17-4-3-5-22(14-17)31-16-24-27-25(28-32-24)19-8-10-20(11-9-19)26-23(29)15-18-6-12-21(30-2)13-7-18/h3-14H,15-16H2,1-2H3,(H,26,29). The molecule has 0 saturated heterocycles. The van der Waals surface area contributed by atoms with Gasteiger partial charge in [-0.3, -0.25) is 4.79 Å². The number of benzene rings is 3. The Hall–Kier alpha value is -4.13. The van der Waals surface area contributed by atoms with E-state index in [1.165, 1.54) is 0 Å². The first-order valence-electron chi connectivity index (χ1n) is 10.1. The number of rotatable bonds is 8. The van der Waals surface area contributed by atoms with Gasteiger partial charge in [-0.2, -0.15) is 4.98 Å². The molecule has 0 aliphatic rings. The van der Waals surface area contributed by atoms with Gasteiger partial charge in [0.1, 0.15) is 11.5 Å². The van der Waals surface area contributed by atoms with Crippen LogP contribution in [0.1, 0.15) is 17.0 Å². The van der Waals surface area contributed by atoms with Crippen LogP contribution in [-0.4, -0.2) is 23.2 Å². The van der Waals surface area contributed by atoms with Crippen molar-refractivity contribution in [2.45, 2.75) is 20.0 Å². The summed E-state index contributed by atoms with van der Waals surface area (Å²) < 4.78 is 16.1. The predicted molar refractivity (Wildman–Crippen MR) is 121 cm³/mol. The lowest BCUT2D eigenvalue weighted by molar-refractivity contribution is -0.115. The Labute approximate surface area is 186 Å². The van der Waals surface area contributed by atoms with Gasteiger partial charge in [0.05, 0.1) is 13.5 Å². The van der Waals surface area contributed by atoms with E-state index in [9.17, 15) is 4.79 Å². The molecule has 1 amide bonds. The van der Waals surface area contributed by atoms with Gasteiger partial charge in [-0.1, -0.05) is 29.4 Å². The van der Waals surface area contributed by atoms with Crippen LogP contribution < -0.4 is 14.8 Å². The van der Waals surface area contributed by atoms with Crippen LogP contribution in [0.3, 0.4) is 0 Å². The topological polar surface area (TPSA) is 86.5 Å². The summed E-state index contributed by atoms with van der Waals surface area (Å²) in [6.07, 6.45) is 0.279. The van der Waals surface area contributed by atoms with Crippen molar-refractivity contribution in [2.75, 3.05) is 12.4 Å². The zero-order chi connectivity index (χ0) is 22.3. The number of amides is 1. The molecule has 0 atom stereocenters. The van der Waals surface area contributed by atoms with E-state index >= 15 is 0 Å². The molecule has 3 aromatic carbocycles. The molecule has 0 unspecified atom stereocenters. The number of carbonyl (C=O) groups excluding carboxylic acids is 1. The number of anilines is 1. The average molecular weight is 429 g/mol. The van der Waals surface area contributed by atoms with Crippen molar-refractivity contribution in [3.8, 4) is 22.9 Å². The van der Waals surface area contributed by atoms with Crippen LogP contribution >= 0.6 is 0 Å². The van der Waals surface area contributed by atoms with Crippen molar-refractivity contribution in [2.24, 2.45) is 0 Å². The Morgan fingerprint density at radius 2 is 1.78 bits per heavy atom. The van der Waals surface area contributed by atoms with E-state index in [4.69, 9.17) is 14.0 Å². The van der Waals surface area contributed by atoms with Gasteiger partial charge in [-0.25, -0.2) is 0 Å². The molecule has 7 nitrogen and oxygen atoms in total.